The lowest BCUT2D eigenvalue weighted by Gasteiger charge is -2.38. The molecule has 3 fully saturated rings. The second-order valence-electron chi connectivity index (χ2n) is 10.2. The van der Waals surface area contributed by atoms with E-state index in [0.717, 1.165) is 5.56 Å². The Bertz CT molecular complexity index is 1460. The fraction of sp³-hybridized carbons (Fsp3) is 0.423. The minimum absolute atomic E-state index is 0.0344. The molecule has 1 aromatic carbocycles. The highest BCUT2D eigenvalue weighted by molar-refractivity contribution is 6.29. The van der Waals surface area contributed by atoms with E-state index in [2.05, 4.69) is 10.3 Å². The van der Waals surface area contributed by atoms with Crippen LogP contribution in [0, 0.1) is 25.7 Å². The van der Waals surface area contributed by atoms with Crippen molar-refractivity contribution in [2.45, 2.75) is 57.7 Å². The van der Waals surface area contributed by atoms with Gasteiger partial charge in [-0.25, -0.2) is 4.98 Å². The van der Waals surface area contributed by atoms with Gasteiger partial charge in [-0.3, -0.25) is 9.59 Å². The third-order valence-electron chi connectivity index (χ3n) is 7.71. The van der Waals surface area contributed by atoms with Crippen LogP contribution in [-0.4, -0.2) is 17.1 Å². The number of aromatic nitrogens is 1. The maximum Gasteiger partial charge on any atom is 0.392 e. The number of hydrogen-bond acceptors (Lipinski definition) is 5. The number of fused-ring (bicyclic) bond motifs is 2. The van der Waals surface area contributed by atoms with Crippen LogP contribution in [0.15, 0.2) is 33.5 Å². The molecule has 3 saturated carbocycles. The molecule has 2 heterocycles. The summed E-state index contributed by atoms with van der Waals surface area (Å²) in [7, 11) is 0. The van der Waals surface area contributed by atoms with Gasteiger partial charge in [-0.05, 0) is 69.7 Å². The van der Waals surface area contributed by atoms with Gasteiger partial charge in [-0.1, -0.05) is 17.7 Å². The van der Waals surface area contributed by atoms with Gasteiger partial charge in [-0.15, -0.1) is 0 Å². The number of rotatable bonds is 5. The Morgan fingerprint density at radius 2 is 1.94 bits per heavy atom. The molecule has 1 unspecified atom stereocenters. The van der Waals surface area contributed by atoms with E-state index in [9.17, 15) is 22.8 Å². The standard InChI is InChI=1S/C26H25ClF3N3O3/c1-11-6-15(13(3)32-18-4-5-19(27)33-20(18)24(31)35)22-16(7-11)21(34)12(2)23(36-22)25-8-14(9-25)17(10-25)26(28,29)30/h4-7,13-14,17,32H,8-10H2,1-3H3,(H2,31,35)/t13-,14?,17?,25?/m1/s1. The van der Waals surface area contributed by atoms with E-state index >= 15 is 0 Å². The van der Waals surface area contributed by atoms with Crippen LogP contribution in [-0.2, 0) is 5.41 Å². The molecule has 0 spiro atoms. The molecule has 6 rings (SSSR count). The second kappa shape index (κ2) is 8.23. The highest BCUT2D eigenvalue weighted by Gasteiger charge is 2.65. The Morgan fingerprint density at radius 3 is 2.56 bits per heavy atom. The molecule has 6 nitrogen and oxygen atoms in total. The molecule has 0 saturated heterocycles. The van der Waals surface area contributed by atoms with Crippen LogP contribution in [0.4, 0.5) is 18.9 Å². The van der Waals surface area contributed by atoms with E-state index in [4.69, 9.17) is 21.8 Å². The van der Waals surface area contributed by atoms with Crippen LogP contribution in [0.1, 0.15) is 65.2 Å². The van der Waals surface area contributed by atoms with Gasteiger partial charge >= 0.3 is 6.18 Å². The van der Waals surface area contributed by atoms with Crippen molar-refractivity contribution in [3.05, 3.63) is 67.8 Å². The number of carbonyl (C=O) groups is 1. The van der Waals surface area contributed by atoms with Gasteiger partial charge < -0.3 is 15.5 Å². The molecule has 190 valence electrons. The summed E-state index contributed by atoms with van der Waals surface area (Å²) in [6.45, 7) is 5.29. The average Bonchev–Trinajstić information content (AvgIpc) is 3.35. The lowest BCUT2D eigenvalue weighted by atomic mass is 9.66. The molecule has 0 aliphatic heterocycles. The van der Waals surface area contributed by atoms with E-state index in [1.165, 1.54) is 6.07 Å². The molecule has 3 N–H and O–H groups in total. The number of amides is 1. The first-order valence-corrected chi connectivity index (χ1v) is 12.1. The van der Waals surface area contributed by atoms with E-state index in [1.807, 2.05) is 19.9 Å². The summed E-state index contributed by atoms with van der Waals surface area (Å²) in [6.07, 6.45) is -3.61. The van der Waals surface area contributed by atoms with Gasteiger partial charge in [0.25, 0.3) is 5.91 Å². The maximum atomic E-state index is 13.5. The molecule has 3 aliphatic rings. The number of anilines is 1. The lowest BCUT2D eigenvalue weighted by Crippen LogP contribution is -2.35. The first-order chi connectivity index (χ1) is 16.8. The fourth-order valence-electron chi connectivity index (χ4n) is 6.09. The lowest BCUT2D eigenvalue weighted by molar-refractivity contribution is -0.180. The van der Waals surface area contributed by atoms with E-state index in [-0.39, 0.29) is 22.7 Å². The zero-order chi connectivity index (χ0) is 26.2. The number of pyridine rings is 1. The third-order valence-corrected chi connectivity index (χ3v) is 7.92. The number of nitrogens with two attached hydrogens (primary N) is 1. The molecule has 3 aliphatic carbocycles. The summed E-state index contributed by atoms with van der Waals surface area (Å²) in [5, 5.41) is 3.67. The molecule has 1 amide bonds. The van der Waals surface area contributed by atoms with Crippen LogP contribution >= 0.6 is 11.6 Å². The SMILES string of the molecule is Cc1cc([C@@H](C)Nc2ccc(Cl)nc2C(N)=O)c2oc(C34CC(C3)C(C(F)(F)F)C4)c(C)c(=O)c2c1. The topological polar surface area (TPSA) is 98.2 Å². The summed E-state index contributed by atoms with van der Waals surface area (Å²) < 4.78 is 47.0. The smallest absolute Gasteiger partial charge is 0.392 e. The predicted octanol–water partition coefficient (Wildman–Crippen LogP) is 5.96. The Morgan fingerprint density at radius 1 is 1.25 bits per heavy atom. The van der Waals surface area contributed by atoms with Crippen molar-refractivity contribution < 1.29 is 22.4 Å². The Kier molecular flexibility index (Phi) is 5.63. The zero-order valence-electron chi connectivity index (χ0n) is 19.9. The highest BCUT2D eigenvalue weighted by atomic mass is 35.5. The number of hydrogen-bond donors (Lipinski definition) is 2. The normalized spacial score (nSPS) is 24.0. The monoisotopic (exact) mass is 519 g/mol. The van der Waals surface area contributed by atoms with Crippen LogP contribution in [0.2, 0.25) is 5.15 Å². The first-order valence-electron chi connectivity index (χ1n) is 11.7. The molecule has 2 atom stereocenters. The van der Waals surface area contributed by atoms with E-state index < -0.39 is 35.4 Å². The van der Waals surface area contributed by atoms with Gasteiger partial charge in [0.05, 0.1) is 23.0 Å². The molecule has 36 heavy (non-hydrogen) atoms. The maximum absolute atomic E-state index is 13.5. The number of benzene rings is 1. The molecule has 2 aromatic heterocycles. The second-order valence-corrected chi connectivity index (χ2v) is 10.6. The molecule has 0 radical (unpaired) electrons. The van der Waals surface area contributed by atoms with Gasteiger partial charge in [0.15, 0.2) is 11.1 Å². The fourth-order valence-corrected chi connectivity index (χ4v) is 6.24. The van der Waals surface area contributed by atoms with Crippen molar-refractivity contribution in [2.75, 3.05) is 5.32 Å². The number of primary amides is 1. The number of nitrogens with zero attached hydrogens (tertiary/aromatic N) is 1. The summed E-state index contributed by atoms with van der Waals surface area (Å²) in [5.41, 5.74) is 6.88. The summed E-state index contributed by atoms with van der Waals surface area (Å²) in [4.78, 5) is 29.3. The number of halogens is 4. The van der Waals surface area contributed by atoms with Crippen molar-refractivity contribution in [1.82, 2.24) is 4.98 Å². The number of carbonyl (C=O) groups excluding carboxylic acids is 1. The van der Waals surface area contributed by atoms with Gasteiger partial charge in [0.1, 0.15) is 16.5 Å². The summed E-state index contributed by atoms with van der Waals surface area (Å²) in [6, 6.07) is 6.21. The summed E-state index contributed by atoms with van der Waals surface area (Å²) in [5.74, 6) is -2.22. The third kappa shape index (κ3) is 3.84. The largest absolute Gasteiger partial charge is 0.460 e. The van der Waals surface area contributed by atoms with Gasteiger partial charge in [0, 0.05) is 16.5 Å². The zero-order valence-corrected chi connectivity index (χ0v) is 20.7. The van der Waals surface area contributed by atoms with Crippen LogP contribution in [0.25, 0.3) is 11.0 Å². The number of nitrogens with one attached hydrogen (secondary N) is 1. The average molecular weight is 520 g/mol. The van der Waals surface area contributed by atoms with Gasteiger partial charge in [0.2, 0.25) is 0 Å². The highest BCUT2D eigenvalue weighted by Crippen LogP contribution is 2.66. The molecular weight excluding hydrogens is 495 g/mol. The van der Waals surface area contributed by atoms with Crippen molar-refractivity contribution in [1.29, 1.82) is 0 Å². The van der Waals surface area contributed by atoms with Crippen molar-refractivity contribution in [2.24, 2.45) is 17.6 Å². The van der Waals surface area contributed by atoms with Crippen LogP contribution in [0.3, 0.4) is 0 Å². The van der Waals surface area contributed by atoms with Gasteiger partial charge in [-0.2, -0.15) is 13.2 Å². The molecular formula is C26H25ClF3N3O3. The Labute approximate surface area is 210 Å². The van der Waals surface area contributed by atoms with E-state index in [1.54, 1.807) is 19.1 Å². The molecule has 2 bridgehead atoms. The predicted molar refractivity (Wildman–Crippen MR) is 130 cm³/mol. The van der Waals surface area contributed by atoms with E-state index in [0.29, 0.717) is 46.4 Å². The van der Waals surface area contributed by atoms with Crippen LogP contribution in [0.5, 0.6) is 0 Å². The number of aryl methyl sites for hydroxylation is 1. The Balaban J connectivity index is 1.61. The number of alkyl halides is 3. The quantitative estimate of drug-likeness (QED) is 0.405. The Hall–Kier alpha value is -3.07. The van der Waals surface area contributed by atoms with Crippen molar-refractivity contribution >= 4 is 34.2 Å². The van der Waals surface area contributed by atoms with Crippen molar-refractivity contribution in [3.63, 3.8) is 0 Å². The molecule has 3 aromatic rings. The summed E-state index contributed by atoms with van der Waals surface area (Å²) >= 11 is 5.91. The minimum atomic E-state index is -4.26. The molecule has 10 heteroatoms. The van der Waals surface area contributed by atoms with Crippen molar-refractivity contribution in [3.8, 4) is 0 Å². The van der Waals surface area contributed by atoms with Crippen LogP contribution < -0.4 is 16.5 Å². The minimum Gasteiger partial charge on any atom is -0.460 e. The first kappa shape index (κ1) is 24.6.